The van der Waals surface area contributed by atoms with Crippen LogP contribution < -0.4 is 10.6 Å². The third-order valence-electron chi connectivity index (χ3n) is 5.41. The number of likely N-dealkylation sites (N-methyl/N-ethyl adjacent to an activating group) is 1. The molecule has 30 heavy (non-hydrogen) atoms. The Labute approximate surface area is 179 Å². The van der Waals surface area contributed by atoms with Crippen molar-refractivity contribution >= 4 is 23.2 Å². The largest absolute Gasteiger partial charge is 0.416 e. The van der Waals surface area contributed by atoms with E-state index in [-0.39, 0.29) is 10.7 Å². The maximum absolute atomic E-state index is 13.1. The summed E-state index contributed by atoms with van der Waals surface area (Å²) in [5.74, 6) is -0.455. The quantitative estimate of drug-likeness (QED) is 0.630. The van der Waals surface area contributed by atoms with Crippen LogP contribution in [-0.2, 0) is 11.0 Å². The van der Waals surface area contributed by atoms with E-state index < -0.39 is 23.7 Å². The Bertz CT molecular complexity index is 860. The number of carbonyl (C=O) groups is 1. The van der Waals surface area contributed by atoms with Crippen LogP contribution in [0.2, 0.25) is 5.02 Å². The van der Waals surface area contributed by atoms with E-state index in [0.29, 0.717) is 12.6 Å². The number of carbonyl (C=O) groups excluding carboxylic acids is 1. The van der Waals surface area contributed by atoms with Gasteiger partial charge in [-0.15, -0.1) is 0 Å². The van der Waals surface area contributed by atoms with E-state index in [1.807, 2.05) is 30.3 Å². The zero-order valence-corrected chi connectivity index (χ0v) is 17.4. The number of amides is 1. The molecule has 3 rings (SSSR count). The number of halogens is 4. The lowest BCUT2D eigenvalue weighted by molar-refractivity contribution is -0.137. The van der Waals surface area contributed by atoms with Gasteiger partial charge in [-0.2, -0.15) is 13.2 Å². The molecule has 8 heteroatoms. The van der Waals surface area contributed by atoms with Gasteiger partial charge in [0.2, 0.25) is 5.91 Å². The molecule has 1 aliphatic heterocycles. The Hall–Kier alpha value is -2.09. The fraction of sp³-hybridized carbons (Fsp3) is 0.409. The molecule has 1 aliphatic rings. The highest BCUT2D eigenvalue weighted by Crippen LogP contribution is 2.34. The zero-order chi connectivity index (χ0) is 21.7. The summed E-state index contributed by atoms with van der Waals surface area (Å²) in [5.41, 5.74) is -0.189. The molecule has 0 radical (unpaired) electrons. The van der Waals surface area contributed by atoms with Crippen molar-refractivity contribution in [3.05, 3.63) is 64.7 Å². The topological polar surface area (TPSA) is 44.4 Å². The van der Waals surface area contributed by atoms with E-state index in [1.54, 1.807) is 0 Å². The maximum Gasteiger partial charge on any atom is 0.416 e. The predicted octanol–water partition coefficient (Wildman–Crippen LogP) is 5.11. The first-order chi connectivity index (χ1) is 14.3. The predicted molar refractivity (Wildman–Crippen MR) is 113 cm³/mol. The van der Waals surface area contributed by atoms with Gasteiger partial charge in [-0.3, -0.25) is 9.69 Å². The van der Waals surface area contributed by atoms with Crippen LogP contribution in [0.1, 0.15) is 36.9 Å². The van der Waals surface area contributed by atoms with Gasteiger partial charge in [0.1, 0.15) is 6.04 Å². The highest BCUT2D eigenvalue weighted by atomic mass is 35.5. The average Bonchev–Trinajstić information content (AvgIpc) is 3.17. The lowest BCUT2D eigenvalue weighted by Crippen LogP contribution is -2.42. The normalized spacial score (nSPS) is 18.4. The second kappa shape index (κ2) is 9.81. The molecule has 0 aromatic heterocycles. The van der Waals surface area contributed by atoms with Gasteiger partial charge in [0.25, 0.3) is 0 Å². The number of nitrogens with zero attached hydrogens (tertiary/aromatic N) is 1. The van der Waals surface area contributed by atoms with Crippen molar-refractivity contribution in [3.8, 4) is 0 Å². The summed E-state index contributed by atoms with van der Waals surface area (Å²) in [6.07, 6.45) is -2.36. The number of likely N-dealkylation sites (tertiary alicyclic amines) is 1. The number of hydrogen-bond donors (Lipinski definition) is 2. The van der Waals surface area contributed by atoms with Crippen LogP contribution in [0.4, 0.5) is 18.9 Å². The molecule has 0 spiro atoms. The van der Waals surface area contributed by atoms with Crippen molar-refractivity contribution in [2.45, 2.75) is 38.0 Å². The smallest absolute Gasteiger partial charge is 0.323 e. The van der Waals surface area contributed by atoms with Crippen molar-refractivity contribution in [1.29, 1.82) is 0 Å². The molecule has 0 bridgehead atoms. The van der Waals surface area contributed by atoms with Gasteiger partial charge in [-0.25, -0.2) is 0 Å². The first-order valence-corrected chi connectivity index (χ1v) is 10.4. The van der Waals surface area contributed by atoms with Gasteiger partial charge in [0.15, 0.2) is 0 Å². The van der Waals surface area contributed by atoms with Gasteiger partial charge in [-0.1, -0.05) is 48.9 Å². The van der Waals surface area contributed by atoms with E-state index in [4.69, 9.17) is 11.6 Å². The number of rotatable bonds is 7. The highest BCUT2D eigenvalue weighted by Gasteiger charge is 2.32. The van der Waals surface area contributed by atoms with E-state index in [0.717, 1.165) is 49.7 Å². The number of nitrogens with one attached hydrogen (secondary N) is 2. The summed E-state index contributed by atoms with van der Waals surface area (Å²) in [6.45, 7) is 4.69. The molecular weight excluding hydrogens is 415 g/mol. The van der Waals surface area contributed by atoms with Crippen LogP contribution in [-0.4, -0.2) is 36.5 Å². The SMILES string of the molecule is CCN1CCC[C@@H]1CN[C@@H](C(=O)Nc1cc(C(F)(F)F)ccc1Cl)c1ccccc1. The molecule has 1 amide bonds. The first-order valence-electron chi connectivity index (χ1n) is 9.99. The van der Waals surface area contributed by atoms with Crippen molar-refractivity contribution in [1.82, 2.24) is 10.2 Å². The maximum atomic E-state index is 13.1. The van der Waals surface area contributed by atoms with Crippen LogP contribution in [0.25, 0.3) is 0 Å². The Morgan fingerprint density at radius 2 is 1.97 bits per heavy atom. The third kappa shape index (κ3) is 5.53. The molecule has 2 atom stereocenters. The average molecular weight is 440 g/mol. The molecule has 1 heterocycles. The molecule has 1 fully saturated rings. The van der Waals surface area contributed by atoms with Gasteiger partial charge < -0.3 is 10.6 Å². The third-order valence-corrected chi connectivity index (χ3v) is 5.74. The van der Waals surface area contributed by atoms with Gasteiger partial charge >= 0.3 is 6.18 Å². The Kier molecular flexibility index (Phi) is 7.39. The number of anilines is 1. The Balaban J connectivity index is 1.79. The minimum atomic E-state index is -4.52. The van der Waals surface area contributed by atoms with E-state index >= 15 is 0 Å². The summed E-state index contributed by atoms with van der Waals surface area (Å²) in [6, 6.07) is 11.6. The lowest BCUT2D eigenvalue weighted by Gasteiger charge is -2.26. The monoisotopic (exact) mass is 439 g/mol. The second-order valence-electron chi connectivity index (χ2n) is 7.36. The molecule has 0 unspecified atom stereocenters. The van der Waals surface area contributed by atoms with Gasteiger partial charge in [0, 0.05) is 12.6 Å². The van der Waals surface area contributed by atoms with Crippen LogP contribution >= 0.6 is 11.6 Å². The fourth-order valence-corrected chi connectivity index (χ4v) is 3.97. The highest BCUT2D eigenvalue weighted by molar-refractivity contribution is 6.33. The van der Waals surface area contributed by atoms with Gasteiger partial charge in [-0.05, 0) is 49.7 Å². The zero-order valence-electron chi connectivity index (χ0n) is 16.7. The lowest BCUT2D eigenvalue weighted by atomic mass is 10.0. The molecular formula is C22H25ClF3N3O. The molecule has 4 nitrogen and oxygen atoms in total. The number of benzene rings is 2. The second-order valence-corrected chi connectivity index (χ2v) is 7.77. The molecule has 2 aromatic rings. The minimum absolute atomic E-state index is 0.0520. The Morgan fingerprint density at radius 1 is 1.23 bits per heavy atom. The van der Waals surface area contributed by atoms with Crippen LogP contribution in [0.5, 0.6) is 0 Å². The van der Waals surface area contributed by atoms with Crippen molar-refractivity contribution in [2.24, 2.45) is 0 Å². The summed E-state index contributed by atoms with van der Waals surface area (Å²) in [7, 11) is 0. The first kappa shape index (κ1) is 22.6. The minimum Gasteiger partial charge on any atom is -0.323 e. The van der Waals surface area contributed by atoms with Crippen LogP contribution in [0, 0.1) is 0 Å². The molecule has 0 saturated carbocycles. The fourth-order valence-electron chi connectivity index (χ4n) is 3.81. The summed E-state index contributed by atoms with van der Waals surface area (Å²) in [5, 5.41) is 5.93. The van der Waals surface area contributed by atoms with E-state index in [9.17, 15) is 18.0 Å². The molecule has 1 saturated heterocycles. The standard InChI is InChI=1S/C22H25ClF3N3O/c1-2-29-12-6-9-17(29)14-27-20(15-7-4-3-5-8-15)21(30)28-19-13-16(22(24,25)26)10-11-18(19)23/h3-5,7-8,10-11,13,17,20,27H,2,6,9,12,14H2,1H3,(H,28,30)/t17-,20-/m1/s1. The van der Waals surface area contributed by atoms with Gasteiger partial charge in [0.05, 0.1) is 16.3 Å². The van der Waals surface area contributed by atoms with Crippen LogP contribution in [0.15, 0.2) is 48.5 Å². The molecule has 2 N–H and O–H groups in total. The number of hydrogen-bond acceptors (Lipinski definition) is 3. The Morgan fingerprint density at radius 3 is 2.63 bits per heavy atom. The van der Waals surface area contributed by atoms with Crippen molar-refractivity contribution in [3.63, 3.8) is 0 Å². The number of alkyl halides is 3. The van der Waals surface area contributed by atoms with E-state index in [1.165, 1.54) is 0 Å². The van der Waals surface area contributed by atoms with Crippen molar-refractivity contribution < 1.29 is 18.0 Å². The van der Waals surface area contributed by atoms with Crippen LogP contribution in [0.3, 0.4) is 0 Å². The summed E-state index contributed by atoms with van der Waals surface area (Å²) in [4.78, 5) is 15.4. The molecule has 0 aliphatic carbocycles. The van der Waals surface area contributed by atoms with Crippen molar-refractivity contribution in [2.75, 3.05) is 25.0 Å². The molecule has 2 aromatic carbocycles. The summed E-state index contributed by atoms with van der Waals surface area (Å²) < 4.78 is 39.2. The van der Waals surface area contributed by atoms with E-state index in [2.05, 4.69) is 22.5 Å². The summed E-state index contributed by atoms with van der Waals surface area (Å²) >= 11 is 6.05. The molecule has 162 valence electrons.